The summed E-state index contributed by atoms with van der Waals surface area (Å²) in [6.07, 6.45) is 1.97. The molecule has 0 unspecified atom stereocenters. The summed E-state index contributed by atoms with van der Waals surface area (Å²) in [4.78, 5) is 10.2. The van der Waals surface area contributed by atoms with Crippen LogP contribution in [0.3, 0.4) is 0 Å². The highest BCUT2D eigenvalue weighted by Gasteiger charge is 2.22. The molecule has 0 bridgehead atoms. The molecule has 0 fully saturated rings. The first kappa shape index (κ1) is 32.4. The maximum Gasteiger partial charge on any atom is 0.229 e. The first-order chi connectivity index (χ1) is 24.5. The number of aliphatic imine (C=N–C) groups is 1. The van der Waals surface area contributed by atoms with Crippen LogP contribution in [0.5, 0.6) is 0 Å². The number of hydrogen-bond donors (Lipinski definition) is 0. The van der Waals surface area contributed by atoms with Crippen molar-refractivity contribution in [1.29, 1.82) is 0 Å². The fourth-order valence-electron chi connectivity index (χ4n) is 6.90. The lowest BCUT2D eigenvalue weighted by Crippen LogP contribution is -2.11. The molecule has 0 saturated carbocycles. The van der Waals surface area contributed by atoms with E-state index in [0.717, 1.165) is 39.0 Å². The zero-order chi connectivity index (χ0) is 35.3. The second kappa shape index (κ2) is 12.5. The van der Waals surface area contributed by atoms with Gasteiger partial charge in [0.05, 0.1) is 11.3 Å². The van der Waals surface area contributed by atoms with Gasteiger partial charge in [0.25, 0.3) is 0 Å². The van der Waals surface area contributed by atoms with Crippen LogP contribution in [-0.2, 0) is 10.8 Å². The van der Waals surface area contributed by atoms with E-state index in [0.29, 0.717) is 5.89 Å². The van der Waals surface area contributed by atoms with Crippen molar-refractivity contribution in [3.8, 4) is 33.7 Å². The molecule has 0 N–H and O–H groups in total. The Kier molecular flexibility index (Phi) is 7.95. The monoisotopic (exact) mass is 662 g/mol. The molecule has 1 aromatic heterocycles. The first-order valence-corrected chi connectivity index (χ1v) is 17.7. The molecule has 3 heteroatoms. The van der Waals surface area contributed by atoms with Crippen molar-refractivity contribution < 1.29 is 4.42 Å². The Morgan fingerprint density at radius 1 is 0.529 bits per heavy atom. The van der Waals surface area contributed by atoms with Crippen LogP contribution in [-0.4, -0.2) is 11.2 Å². The van der Waals surface area contributed by atoms with Gasteiger partial charge in [0.1, 0.15) is 5.52 Å². The fourth-order valence-corrected chi connectivity index (χ4v) is 6.90. The van der Waals surface area contributed by atoms with Crippen LogP contribution in [0.4, 0.5) is 5.69 Å². The molecular formula is C48H42N2O. The Morgan fingerprint density at radius 3 is 1.82 bits per heavy atom. The van der Waals surface area contributed by atoms with Crippen molar-refractivity contribution in [3.63, 3.8) is 0 Å². The quantitative estimate of drug-likeness (QED) is 0.136. The van der Waals surface area contributed by atoms with Gasteiger partial charge < -0.3 is 4.42 Å². The predicted octanol–water partition coefficient (Wildman–Crippen LogP) is 13.5. The Hall–Kier alpha value is -5.80. The van der Waals surface area contributed by atoms with Crippen LogP contribution >= 0.6 is 0 Å². The Morgan fingerprint density at radius 2 is 1.12 bits per heavy atom. The molecule has 0 aliphatic heterocycles. The third-order valence-electron chi connectivity index (χ3n) is 9.92. The SMILES string of the molecule is CC(C)(C)c1ccc(-c2ccc(-c3cc(C(C)(C)C)cc4oc(-c5ccccc5N=Cc5cc6ccccc6c6ccccc56)nc34)cc2)cc1. The van der Waals surface area contributed by atoms with E-state index in [1.807, 2.05) is 30.5 Å². The minimum absolute atomic E-state index is 0.0739. The van der Waals surface area contributed by atoms with Gasteiger partial charge in [-0.1, -0.05) is 151 Å². The summed E-state index contributed by atoms with van der Waals surface area (Å²) in [5.74, 6) is 0.559. The standard InChI is InChI=1S/C48H42N2O/c1-47(2,3)36-25-23-32(24-26-36)31-19-21-33(22-20-31)42-28-37(48(4,5)6)29-44-45(42)50-46(51-44)41-17-11-12-18-43(41)49-30-35-27-34-13-7-8-14-38(34)40-16-10-9-15-39(35)40/h7-30H,1-6H3. The fraction of sp³-hybridized carbons (Fsp3) is 0.167. The van der Waals surface area contributed by atoms with Crippen LogP contribution in [0.25, 0.3) is 66.4 Å². The Labute approximate surface area is 300 Å². The molecule has 0 radical (unpaired) electrons. The smallest absolute Gasteiger partial charge is 0.229 e. The van der Waals surface area contributed by atoms with Crippen LogP contribution < -0.4 is 0 Å². The summed E-state index contributed by atoms with van der Waals surface area (Å²) < 4.78 is 6.62. The third kappa shape index (κ3) is 6.25. The molecule has 0 amide bonds. The van der Waals surface area contributed by atoms with E-state index in [1.54, 1.807) is 0 Å². The molecule has 250 valence electrons. The Bertz CT molecular complexity index is 2570. The predicted molar refractivity (Wildman–Crippen MR) is 216 cm³/mol. The van der Waals surface area contributed by atoms with Crippen molar-refractivity contribution in [3.05, 3.63) is 156 Å². The third-order valence-corrected chi connectivity index (χ3v) is 9.92. The normalized spacial score (nSPS) is 12.4. The molecule has 0 aliphatic carbocycles. The zero-order valence-electron chi connectivity index (χ0n) is 30.2. The average molecular weight is 663 g/mol. The Balaban J connectivity index is 1.19. The lowest BCUT2D eigenvalue weighted by atomic mass is 9.84. The largest absolute Gasteiger partial charge is 0.436 e. The maximum atomic E-state index is 6.62. The zero-order valence-corrected chi connectivity index (χ0v) is 30.2. The number of fused-ring (bicyclic) bond motifs is 4. The van der Waals surface area contributed by atoms with Gasteiger partial charge in [-0.3, -0.25) is 4.99 Å². The van der Waals surface area contributed by atoms with Gasteiger partial charge in [-0.15, -0.1) is 0 Å². The molecular weight excluding hydrogens is 621 g/mol. The van der Waals surface area contributed by atoms with E-state index >= 15 is 0 Å². The topological polar surface area (TPSA) is 38.4 Å². The number of hydrogen-bond acceptors (Lipinski definition) is 3. The molecule has 7 aromatic carbocycles. The van der Waals surface area contributed by atoms with Gasteiger partial charge in [0, 0.05) is 17.3 Å². The first-order valence-electron chi connectivity index (χ1n) is 17.7. The van der Waals surface area contributed by atoms with Gasteiger partial charge >= 0.3 is 0 Å². The number of rotatable bonds is 5. The van der Waals surface area contributed by atoms with E-state index in [1.165, 1.54) is 43.8 Å². The van der Waals surface area contributed by atoms with Gasteiger partial charge in [-0.05, 0) is 90.5 Å². The van der Waals surface area contributed by atoms with Crippen LogP contribution in [0.15, 0.2) is 149 Å². The highest BCUT2D eigenvalue weighted by molar-refractivity contribution is 6.14. The van der Waals surface area contributed by atoms with Gasteiger partial charge in [0.2, 0.25) is 5.89 Å². The summed E-state index contributed by atoms with van der Waals surface area (Å²) in [6.45, 7) is 13.5. The molecule has 0 atom stereocenters. The van der Waals surface area contributed by atoms with Gasteiger partial charge in [-0.2, -0.15) is 0 Å². The lowest BCUT2D eigenvalue weighted by molar-refractivity contribution is 0.584. The van der Waals surface area contributed by atoms with Crippen LogP contribution in [0.1, 0.15) is 58.2 Å². The number of nitrogens with zero attached hydrogens (tertiary/aromatic N) is 2. The van der Waals surface area contributed by atoms with E-state index in [9.17, 15) is 0 Å². The van der Waals surface area contributed by atoms with Crippen molar-refractivity contribution in [2.75, 3.05) is 0 Å². The minimum Gasteiger partial charge on any atom is -0.436 e. The summed E-state index contributed by atoms with van der Waals surface area (Å²) in [5.41, 5.74) is 11.5. The van der Waals surface area contributed by atoms with Crippen molar-refractivity contribution in [2.45, 2.75) is 52.4 Å². The number of benzene rings is 7. The van der Waals surface area contributed by atoms with Crippen molar-refractivity contribution in [1.82, 2.24) is 4.98 Å². The van der Waals surface area contributed by atoms with E-state index in [2.05, 4.69) is 157 Å². The average Bonchev–Trinajstić information content (AvgIpc) is 3.57. The molecule has 0 aliphatic rings. The van der Waals surface area contributed by atoms with Crippen LogP contribution in [0.2, 0.25) is 0 Å². The summed E-state index contributed by atoms with van der Waals surface area (Å²) >= 11 is 0. The summed E-state index contributed by atoms with van der Waals surface area (Å²) in [6, 6.07) is 49.5. The molecule has 51 heavy (non-hydrogen) atoms. The molecule has 0 saturated heterocycles. The summed E-state index contributed by atoms with van der Waals surface area (Å²) in [7, 11) is 0. The van der Waals surface area contributed by atoms with E-state index < -0.39 is 0 Å². The molecule has 8 aromatic rings. The highest BCUT2D eigenvalue weighted by atomic mass is 16.3. The summed E-state index contributed by atoms with van der Waals surface area (Å²) in [5, 5.41) is 4.83. The molecule has 8 rings (SSSR count). The maximum absolute atomic E-state index is 6.62. The van der Waals surface area contributed by atoms with Crippen LogP contribution in [0, 0.1) is 0 Å². The van der Waals surface area contributed by atoms with E-state index in [4.69, 9.17) is 14.4 Å². The number of aromatic nitrogens is 1. The lowest BCUT2D eigenvalue weighted by Gasteiger charge is -2.20. The number of oxazole rings is 1. The molecule has 0 spiro atoms. The second-order valence-corrected chi connectivity index (χ2v) is 15.6. The van der Waals surface area contributed by atoms with Gasteiger partial charge in [0.15, 0.2) is 5.58 Å². The number of para-hydroxylation sites is 1. The van der Waals surface area contributed by atoms with Gasteiger partial charge in [-0.25, -0.2) is 4.98 Å². The van der Waals surface area contributed by atoms with Crippen molar-refractivity contribution >= 4 is 44.5 Å². The van der Waals surface area contributed by atoms with Crippen molar-refractivity contribution in [2.24, 2.45) is 4.99 Å². The molecule has 3 nitrogen and oxygen atoms in total. The molecule has 1 heterocycles. The second-order valence-electron chi connectivity index (χ2n) is 15.6. The minimum atomic E-state index is -0.0739. The highest BCUT2D eigenvalue weighted by Crippen LogP contribution is 2.39. The van der Waals surface area contributed by atoms with E-state index in [-0.39, 0.29) is 10.8 Å².